The lowest BCUT2D eigenvalue weighted by Crippen LogP contribution is -2.31. The SMILES string of the molecule is COc1ccc(C(Cc2ccc(F)cc2)NC(=O)Cc2ccc3c(c2)OCCO3)cc1. The molecule has 1 unspecified atom stereocenters. The molecule has 1 atom stereocenters. The van der Waals surface area contributed by atoms with E-state index in [-0.39, 0.29) is 24.2 Å². The van der Waals surface area contributed by atoms with Crippen LogP contribution in [0.25, 0.3) is 0 Å². The van der Waals surface area contributed by atoms with E-state index in [2.05, 4.69) is 5.32 Å². The highest BCUT2D eigenvalue weighted by Crippen LogP contribution is 2.31. The molecule has 6 heteroatoms. The van der Waals surface area contributed by atoms with Gasteiger partial charge in [0.2, 0.25) is 5.91 Å². The largest absolute Gasteiger partial charge is 0.497 e. The van der Waals surface area contributed by atoms with Crippen LogP contribution in [0.15, 0.2) is 66.7 Å². The van der Waals surface area contributed by atoms with Crippen molar-refractivity contribution < 1.29 is 23.4 Å². The van der Waals surface area contributed by atoms with Gasteiger partial charge in [0.1, 0.15) is 24.8 Å². The Morgan fingerprint density at radius 3 is 2.35 bits per heavy atom. The second kappa shape index (κ2) is 9.51. The maximum Gasteiger partial charge on any atom is 0.224 e. The second-order valence-corrected chi connectivity index (χ2v) is 7.38. The maximum atomic E-state index is 13.3. The van der Waals surface area contributed by atoms with Crippen molar-refractivity contribution in [2.75, 3.05) is 20.3 Å². The molecule has 5 nitrogen and oxygen atoms in total. The standard InChI is InChI=1S/C25H24FNO4/c1-29-21-9-5-19(6-10-21)22(14-17-2-7-20(26)8-3-17)27-25(28)16-18-4-11-23-24(15-18)31-13-12-30-23/h2-11,15,22H,12-14,16H2,1H3,(H,27,28). The number of hydrogen-bond donors (Lipinski definition) is 1. The van der Waals surface area contributed by atoms with Crippen molar-refractivity contribution in [1.29, 1.82) is 0 Å². The first-order valence-corrected chi connectivity index (χ1v) is 10.2. The summed E-state index contributed by atoms with van der Waals surface area (Å²) in [6.07, 6.45) is 0.756. The first-order valence-electron chi connectivity index (χ1n) is 10.2. The highest BCUT2D eigenvalue weighted by atomic mass is 19.1. The smallest absolute Gasteiger partial charge is 0.224 e. The number of carbonyl (C=O) groups excluding carboxylic acids is 1. The molecule has 1 N–H and O–H groups in total. The number of fused-ring (bicyclic) bond motifs is 1. The average molecular weight is 421 g/mol. The van der Waals surface area contributed by atoms with Gasteiger partial charge in [-0.15, -0.1) is 0 Å². The summed E-state index contributed by atoms with van der Waals surface area (Å²) in [6.45, 7) is 1.03. The van der Waals surface area contributed by atoms with Crippen LogP contribution in [0.1, 0.15) is 22.7 Å². The molecule has 0 aromatic heterocycles. The fourth-order valence-electron chi connectivity index (χ4n) is 3.57. The highest BCUT2D eigenvalue weighted by Gasteiger charge is 2.18. The highest BCUT2D eigenvalue weighted by molar-refractivity contribution is 5.79. The third-order valence-electron chi connectivity index (χ3n) is 5.18. The van der Waals surface area contributed by atoms with Crippen molar-refractivity contribution >= 4 is 5.91 Å². The Bertz CT molecular complexity index is 1030. The first-order chi connectivity index (χ1) is 15.1. The molecule has 1 heterocycles. The molecule has 0 bridgehead atoms. The number of ether oxygens (including phenoxy) is 3. The minimum Gasteiger partial charge on any atom is -0.497 e. The minimum atomic E-state index is -0.285. The molecule has 1 aliphatic heterocycles. The van der Waals surface area contributed by atoms with Crippen LogP contribution in [-0.2, 0) is 17.6 Å². The molecular formula is C25H24FNO4. The summed E-state index contributed by atoms with van der Waals surface area (Å²) in [6, 6.07) is 19.2. The Hall–Kier alpha value is -3.54. The zero-order valence-corrected chi connectivity index (χ0v) is 17.3. The molecule has 1 aliphatic rings. The summed E-state index contributed by atoms with van der Waals surface area (Å²) in [5.41, 5.74) is 2.72. The molecular weight excluding hydrogens is 397 g/mol. The third kappa shape index (κ3) is 5.34. The van der Waals surface area contributed by atoms with E-state index in [1.165, 1.54) is 12.1 Å². The normalized spacial score (nSPS) is 13.4. The average Bonchev–Trinajstić information content (AvgIpc) is 2.80. The molecule has 0 fully saturated rings. The molecule has 0 spiro atoms. The van der Waals surface area contributed by atoms with Crippen LogP contribution in [0.2, 0.25) is 0 Å². The van der Waals surface area contributed by atoms with E-state index in [9.17, 15) is 9.18 Å². The fourth-order valence-corrected chi connectivity index (χ4v) is 3.57. The van der Waals surface area contributed by atoms with Crippen molar-refractivity contribution in [3.8, 4) is 17.2 Å². The monoisotopic (exact) mass is 421 g/mol. The lowest BCUT2D eigenvalue weighted by Gasteiger charge is -2.21. The Labute approximate surface area is 180 Å². The number of nitrogens with one attached hydrogen (secondary N) is 1. The van der Waals surface area contributed by atoms with E-state index < -0.39 is 0 Å². The molecule has 3 aromatic rings. The lowest BCUT2D eigenvalue weighted by atomic mass is 9.98. The second-order valence-electron chi connectivity index (χ2n) is 7.38. The summed E-state index contributed by atoms with van der Waals surface area (Å²) in [4.78, 5) is 12.9. The van der Waals surface area contributed by atoms with Gasteiger partial charge in [0.25, 0.3) is 0 Å². The van der Waals surface area contributed by atoms with Crippen LogP contribution < -0.4 is 19.5 Å². The number of amides is 1. The molecule has 4 rings (SSSR count). The Balaban J connectivity index is 1.50. The first kappa shape index (κ1) is 20.7. The topological polar surface area (TPSA) is 56.8 Å². The number of rotatable bonds is 7. The maximum absolute atomic E-state index is 13.3. The van der Waals surface area contributed by atoms with Crippen molar-refractivity contribution in [3.63, 3.8) is 0 Å². The Kier molecular flexibility index (Phi) is 6.36. The summed E-state index contributed by atoms with van der Waals surface area (Å²) < 4.78 is 29.7. The van der Waals surface area contributed by atoms with E-state index >= 15 is 0 Å². The minimum absolute atomic E-state index is 0.111. The number of methoxy groups -OCH3 is 1. The van der Waals surface area contributed by atoms with Gasteiger partial charge < -0.3 is 19.5 Å². The third-order valence-corrected chi connectivity index (χ3v) is 5.18. The van der Waals surface area contributed by atoms with Gasteiger partial charge in [0.15, 0.2) is 11.5 Å². The summed E-state index contributed by atoms with van der Waals surface area (Å²) in [5.74, 6) is 1.70. The summed E-state index contributed by atoms with van der Waals surface area (Å²) >= 11 is 0. The van der Waals surface area contributed by atoms with Gasteiger partial charge in [-0.2, -0.15) is 0 Å². The van der Waals surface area contributed by atoms with Crippen molar-refractivity contribution in [1.82, 2.24) is 5.32 Å². The van der Waals surface area contributed by atoms with E-state index in [0.29, 0.717) is 31.1 Å². The van der Waals surface area contributed by atoms with Crippen molar-refractivity contribution in [3.05, 3.63) is 89.2 Å². The number of hydrogen-bond acceptors (Lipinski definition) is 4. The van der Waals surface area contributed by atoms with Crippen molar-refractivity contribution in [2.45, 2.75) is 18.9 Å². The zero-order valence-electron chi connectivity index (χ0n) is 17.3. The van der Waals surface area contributed by atoms with Crippen LogP contribution in [0, 0.1) is 5.82 Å². The molecule has 0 saturated carbocycles. The molecule has 31 heavy (non-hydrogen) atoms. The zero-order chi connectivity index (χ0) is 21.6. The summed E-state index contributed by atoms with van der Waals surface area (Å²) in [5, 5.41) is 3.12. The molecule has 0 saturated heterocycles. The van der Waals surface area contributed by atoms with Crippen LogP contribution >= 0.6 is 0 Å². The van der Waals surface area contributed by atoms with Gasteiger partial charge in [-0.25, -0.2) is 4.39 Å². The quantitative estimate of drug-likeness (QED) is 0.620. The van der Waals surface area contributed by atoms with E-state index in [1.54, 1.807) is 19.2 Å². The van der Waals surface area contributed by atoms with Crippen LogP contribution in [0.3, 0.4) is 0 Å². The van der Waals surface area contributed by atoms with Gasteiger partial charge in [-0.3, -0.25) is 4.79 Å². The molecule has 3 aromatic carbocycles. The predicted molar refractivity (Wildman–Crippen MR) is 115 cm³/mol. The van der Waals surface area contributed by atoms with Gasteiger partial charge in [0, 0.05) is 0 Å². The van der Waals surface area contributed by atoms with Gasteiger partial charge in [0.05, 0.1) is 19.6 Å². The van der Waals surface area contributed by atoms with Gasteiger partial charge in [-0.1, -0.05) is 30.3 Å². The number of benzene rings is 3. The lowest BCUT2D eigenvalue weighted by molar-refractivity contribution is -0.121. The summed E-state index contributed by atoms with van der Waals surface area (Å²) in [7, 11) is 1.61. The van der Waals surface area contributed by atoms with Crippen LogP contribution in [0.4, 0.5) is 4.39 Å². The number of carbonyl (C=O) groups is 1. The van der Waals surface area contributed by atoms with E-state index in [0.717, 1.165) is 22.4 Å². The Morgan fingerprint density at radius 1 is 0.968 bits per heavy atom. The molecule has 1 amide bonds. The van der Waals surface area contributed by atoms with E-state index in [1.807, 2.05) is 42.5 Å². The molecule has 0 radical (unpaired) electrons. The van der Waals surface area contributed by atoms with Crippen LogP contribution in [-0.4, -0.2) is 26.2 Å². The van der Waals surface area contributed by atoms with Gasteiger partial charge >= 0.3 is 0 Å². The van der Waals surface area contributed by atoms with E-state index in [4.69, 9.17) is 14.2 Å². The fraction of sp³-hybridized carbons (Fsp3) is 0.240. The number of halogens is 1. The predicted octanol–water partition coefficient (Wildman–Crippen LogP) is 4.25. The molecule has 160 valence electrons. The van der Waals surface area contributed by atoms with Crippen molar-refractivity contribution in [2.24, 2.45) is 0 Å². The Morgan fingerprint density at radius 2 is 1.65 bits per heavy atom. The van der Waals surface area contributed by atoms with Crippen LogP contribution in [0.5, 0.6) is 17.2 Å². The van der Waals surface area contributed by atoms with Gasteiger partial charge in [-0.05, 0) is 59.5 Å². The molecule has 0 aliphatic carbocycles.